The average molecular weight is 425 g/mol. The zero-order valence-electron chi connectivity index (χ0n) is 17.0. The van der Waals surface area contributed by atoms with Crippen LogP contribution >= 0.6 is 11.6 Å². The fourth-order valence-electron chi connectivity index (χ4n) is 3.53. The maximum Gasteiger partial charge on any atom is 0.272 e. The SMILES string of the molecule is CC(C)C1=CNNN1CCNC(=O)c1nn(Cc2ccc(Cl)cc2)c2ccccc12. The summed E-state index contributed by atoms with van der Waals surface area (Å²) in [5, 5.41) is 11.2. The number of carbonyl (C=O) groups excluding carboxylic acids is 1. The Morgan fingerprint density at radius 2 is 1.93 bits per heavy atom. The summed E-state index contributed by atoms with van der Waals surface area (Å²) in [4.78, 5) is 12.9. The van der Waals surface area contributed by atoms with Crippen LogP contribution in [-0.2, 0) is 6.54 Å². The van der Waals surface area contributed by atoms with Crippen LogP contribution in [0.5, 0.6) is 0 Å². The van der Waals surface area contributed by atoms with E-state index in [1.165, 1.54) is 0 Å². The minimum absolute atomic E-state index is 0.178. The molecule has 4 rings (SSSR count). The third-order valence-corrected chi connectivity index (χ3v) is 5.31. The number of hydrazine groups is 2. The number of amides is 1. The molecule has 0 saturated heterocycles. The maximum absolute atomic E-state index is 12.9. The first-order chi connectivity index (χ1) is 14.5. The van der Waals surface area contributed by atoms with E-state index in [1.54, 1.807) is 0 Å². The molecule has 30 heavy (non-hydrogen) atoms. The lowest BCUT2D eigenvalue weighted by Crippen LogP contribution is -2.43. The molecule has 8 heteroatoms. The maximum atomic E-state index is 12.9. The van der Waals surface area contributed by atoms with Crippen LogP contribution in [0.25, 0.3) is 10.9 Å². The molecule has 0 atom stereocenters. The number of nitrogens with one attached hydrogen (secondary N) is 3. The highest BCUT2D eigenvalue weighted by Crippen LogP contribution is 2.20. The lowest BCUT2D eigenvalue weighted by atomic mass is 10.1. The third kappa shape index (κ3) is 4.27. The summed E-state index contributed by atoms with van der Waals surface area (Å²) in [6.45, 7) is 5.97. The molecular weight excluding hydrogens is 400 g/mol. The second-order valence-corrected chi connectivity index (χ2v) is 7.97. The Bertz CT molecular complexity index is 1070. The zero-order valence-corrected chi connectivity index (χ0v) is 17.8. The molecule has 156 valence electrons. The van der Waals surface area contributed by atoms with E-state index in [9.17, 15) is 4.79 Å². The molecule has 0 saturated carbocycles. The first kappa shape index (κ1) is 20.3. The summed E-state index contributed by atoms with van der Waals surface area (Å²) in [6.07, 6.45) is 1.94. The van der Waals surface area contributed by atoms with E-state index in [2.05, 4.69) is 35.2 Å². The van der Waals surface area contributed by atoms with Gasteiger partial charge in [-0.3, -0.25) is 14.5 Å². The van der Waals surface area contributed by atoms with Crippen molar-refractivity contribution in [2.75, 3.05) is 13.1 Å². The predicted molar refractivity (Wildman–Crippen MR) is 119 cm³/mol. The van der Waals surface area contributed by atoms with Crippen molar-refractivity contribution in [1.29, 1.82) is 0 Å². The molecule has 0 radical (unpaired) electrons. The average Bonchev–Trinajstić information content (AvgIpc) is 3.35. The molecule has 0 bridgehead atoms. The van der Waals surface area contributed by atoms with Gasteiger partial charge in [0, 0.05) is 23.2 Å². The van der Waals surface area contributed by atoms with Crippen molar-refractivity contribution in [2.45, 2.75) is 20.4 Å². The first-order valence-corrected chi connectivity index (χ1v) is 10.4. The second kappa shape index (κ2) is 8.77. The van der Waals surface area contributed by atoms with Gasteiger partial charge in [-0.05, 0) is 29.7 Å². The Morgan fingerprint density at radius 1 is 1.17 bits per heavy atom. The van der Waals surface area contributed by atoms with Crippen molar-refractivity contribution in [2.24, 2.45) is 5.92 Å². The molecule has 3 N–H and O–H groups in total. The van der Waals surface area contributed by atoms with Gasteiger partial charge in [-0.2, -0.15) is 5.10 Å². The quantitative estimate of drug-likeness (QED) is 0.542. The normalized spacial score (nSPS) is 13.6. The Kier molecular flexibility index (Phi) is 5.92. The Morgan fingerprint density at radius 3 is 2.70 bits per heavy atom. The zero-order chi connectivity index (χ0) is 21.1. The predicted octanol–water partition coefficient (Wildman–Crippen LogP) is 3.29. The number of benzene rings is 2. The fraction of sp³-hybridized carbons (Fsp3) is 0.273. The van der Waals surface area contributed by atoms with E-state index < -0.39 is 0 Å². The lowest BCUT2D eigenvalue weighted by Gasteiger charge is -2.23. The monoisotopic (exact) mass is 424 g/mol. The number of carbonyl (C=O) groups is 1. The van der Waals surface area contributed by atoms with E-state index >= 15 is 0 Å². The number of nitrogens with zero attached hydrogens (tertiary/aromatic N) is 3. The third-order valence-electron chi connectivity index (χ3n) is 5.06. The number of rotatable bonds is 7. The summed E-state index contributed by atoms with van der Waals surface area (Å²) < 4.78 is 1.86. The Balaban J connectivity index is 1.47. The largest absolute Gasteiger partial charge is 0.349 e. The van der Waals surface area contributed by atoms with E-state index in [0.717, 1.165) is 22.2 Å². The number of halogens is 1. The molecule has 1 aliphatic rings. The van der Waals surface area contributed by atoms with Gasteiger partial charge in [0.25, 0.3) is 5.91 Å². The van der Waals surface area contributed by atoms with Gasteiger partial charge in [0.2, 0.25) is 0 Å². The summed E-state index contributed by atoms with van der Waals surface area (Å²) in [5.41, 5.74) is 9.67. The molecule has 0 fully saturated rings. The smallest absolute Gasteiger partial charge is 0.272 e. The minimum Gasteiger partial charge on any atom is -0.349 e. The van der Waals surface area contributed by atoms with Crippen LogP contribution in [0, 0.1) is 5.92 Å². The summed E-state index contributed by atoms with van der Waals surface area (Å²) in [7, 11) is 0. The van der Waals surface area contributed by atoms with Crippen molar-refractivity contribution in [3.05, 3.63) is 76.7 Å². The van der Waals surface area contributed by atoms with Gasteiger partial charge < -0.3 is 10.7 Å². The molecule has 0 aliphatic carbocycles. The number of allylic oxidation sites excluding steroid dienone is 1. The van der Waals surface area contributed by atoms with Crippen molar-refractivity contribution in [3.8, 4) is 0 Å². The van der Waals surface area contributed by atoms with E-state index in [0.29, 0.717) is 36.3 Å². The van der Waals surface area contributed by atoms with Crippen molar-refractivity contribution >= 4 is 28.4 Å². The molecular formula is C22H25ClN6O. The van der Waals surface area contributed by atoms with Crippen LogP contribution in [0.1, 0.15) is 29.9 Å². The molecule has 3 aromatic rings. The van der Waals surface area contributed by atoms with Crippen LogP contribution in [0.15, 0.2) is 60.4 Å². The standard InChI is InChI=1S/C22H25ClN6O/c1-15(2)20-13-25-27-28(20)12-11-24-22(30)21-18-5-3-4-6-19(18)29(26-21)14-16-7-9-17(23)10-8-16/h3-10,13,15,25,27H,11-12,14H2,1-2H3,(H,24,30). The molecule has 1 amide bonds. The van der Waals surface area contributed by atoms with Crippen LogP contribution in [0.2, 0.25) is 5.02 Å². The summed E-state index contributed by atoms with van der Waals surface area (Å²) in [5.74, 6) is 0.207. The topological polar surface area (TPSA) is 74.2 Å². The van der Waals surface area contributed by atoms with Gasteiger partial charge in [0.1, 0.15) is 0 Å². The number of fused-ring (bicyclic) bond motifs is 1. The molecule has 7 nitrogen and oxygen atoms in total. The number of hydrogen-bond acceptors (Lipinski definition) is 5. The second-order valence-electron chi connectivity index (χ2n) is 7.54. The molecule has 0 unspecified atom stereocenters. The van der Waals surface area contributed by atoms with Gasteiger partial charge in [-0.15, -0.1) is 5.53 Å². The van der Waals surface area contributed by atoms with E-state index in [1.807, 2.05) is 64.4 Å². The highest BCUT2D eigenvalue weighted by molar-refractivity contribution is 6.30. The van der Waals surface area contributed by atoms with Crippen LogP contribution in [0.4, 0.5) is 0 Å². The molecule has 2 heterocycles. The van der Waals surface area contributed by atoms with Crippen molar-refractivity contribution in [3.63, 3.8) is 0 Å². The number of para-hydroxylation sites is 1. The first-order valence-electron chi connectivity index (χ1n) is 10.00. The van der Waals surface area contributed by atoms with Crippen molar-refractivity contribution in [1.82, 2.24) is 31.1 Å². The molecule has 0 spiro atoms. The molecule has 1 aromatic heterocycles. The van der Waals surface area contributed by atoms with Gasteiger partial charge in [-0.1, -0.05) is 55.8 Å². The molecule has 1 aliphatic heterocycles. The van der Waals surface area contributed by atoms with Crippen LogP contribution in [-0.4, -0.2) is 33.8 Å². The van der Waals surface area contributed by atoms with Gasteiger partial charge >= 0.3 is 0 Å². The van der Waals surface area contributed by atoms with Crippen molar-refractivity contribution < 1.29 is 4.79 Å². The highest BCUT2D eigenvalue weighted by atomic mass is 35.5. The Hall–Kier alpha value is -3.03. The lowest BCUT2D eigenvalue weighted by molar-refractivity contribution is 0.0942. The van der Waals surface area contributed by atoms with E-state index in [4.69, 9.17) is 11.6 Å². The van der Waals surface area contributed by atoms with E-state index in [-0.39, 0.29) is 5.91 Å². The minimum atomic E-state index is -0.178. The number of aromatic nitrogens is 2. The van der Waals surface area contributed by atoms with Crippen LogP contribution in [0.3, 0.4) is 0 Å². The van der Waals surface area contributed by atoms with Gasteiger partial charge in [0.05, 0.1) is 24.3 Å². The van der Waals surface area contributed by atoms with Crippen LogP contribution < -0.4 is 16.3 Å². The van der Waals surface area contributed by atoms with Gasteiger partial charge in [-0.25, -0.2) is 0 Å². The highest BCUT2D eigenvalue weighted by Gasteiger charge is 2.19. The van der Waals surface area contributed by atoms with Gasteiger partial charge in [0.15, 0.2) is 5.69 Å². The Labute approximate surface area is 180 Å². The summed E-state index contributed by atoms with van der Waals surface area (Å²) in [6, 6.07) is 15.4. The fourth-order valence-corrected chi connectivity index (χ4v) is 3.66. The summed E-state index contributed by atoms with van der Waals surface area (Å²) >= 11 is 5.99. The molecule has 2 aromatic carbocycles. The number of hydrogen-bond donors (Lipinski definition) is 3.